The van der Waals surface area contributed by atoms with Gasteiger partial charge in [-0.05, 0) is 25.2 Å². The van der Waals surface area contributed by atoms with Crippen LogP contribution in [0.3, 0.4) is 0 Å². The van der Waals surface area contributed by atoms with Crippen molar-refractivity contribution in [3.8, 4) is 0 Å². The van der Waals surface area contributed by atoms with Crippen LogP contribution in [-0.4, -0.2) is 22.5 Å². The molecule has 16 heavy (non-hydrogen) atoms. The molecule has 1 aliphatic heterocycles. The Morgan fingerprint density at radius 3 is 3.00 bits per heavy atom. The molecule has 1 aliphatic rings. The third kappa shape index (κ3) is 2.47. The van der Waals surface area contributed by atoms with Crippen LogP contribution in [0.4, 0.5) is 11.4 Å². The fourth-order valence-electron chi connectivity index (χ4n) is 1.78. The van der Waals surface area contributed by atoms with Crippen molar-refractivity contribution < 1.29 is 4.92 Å². The van der Waals surface area contributed by atoms with Gasteiger partial charge in [-0.1, -0.05) is 6.07 Å². The van der Waals surface area contributed by atoms with E-state index >= 15 is 0 Å². The van der Waals surface area contributed by atoms with Gasteiger partial charge in [0.2, 0.25) is 0 Å². The smallest absolute Gasteiger partial charge is 0.274 e. The second-order valence-electron chi connectivity index (χ2n) is 3.96. The average Bonchev–Trinajstić information content (AvgIpc) is 2.73. The molecule has 1 aromatic carbocycles. The average molecular weight is 238 g/mol. The molecule has 0 aromatic heterocycles. The third-order valence-electron chi connectivity index (χ3n) is 2.71. The van der Waals surface area contributed by atoms with E-state index in [-0.39, 0.29) is 10.6 Å². The van der Waals surface area contributed by atoms with E-state index in [0.717, 1.165) is 17.9 Å². The Bertz CT molecular complexity index is 403. The number of nitrogens with zero attached hydrogens (tertiary/aromatic N) is 1. The van der Waals surface area contributed by atoms with E-state index in [4.69, 9.17) is 0 Å². The normalized spacial score (nSPS) is 19.7. The zero-order chi connectivity index (χ0) is 11.5. The summed E-state index contributed by atoms with van der Waals surface area (Å²) in [5, 5.41) is 14.1. The van der Waals surface area contributed by atoms with Gasteiger partial charge in [0.15, 0.2) is 0 Å². The number of benzene rings is 1. The molecule has 0 aliphatic carbocycles. The highest BCUT2D eigenvalue weighted by Gasteiger charge is 2.17. The first-order valence-corrected chi connectivity index (χ1v) is 6.41. The van der Waals surface area contributed by atoms with E-state index in [2.05, 4.69) is 5.32 Å². The van der Waals surface area contributed by atoms with E-state index < -0.39 is 0 Å². The third-order valence-corrected chi connectivity index (χ3v) is 3.87. The first-order valence-electron chi connectivity index (χ1n) is 5.26. The topological polar surface area (TPSA) is 55.2 Å². The van der Waals surface area contributed by atoms with Gasteiger partial charge < -0.3 is 5.32 Å². The van der Waals surface area contributed by atoms with Crippen molar-refractivity contribution >= 4 is 23.1 Å². The maximum absolute atomic E-state index is 10.8. The number of nitro benzene ring substituents is 1. The summed E-state index contributed by atoms with van der Waals surface area (Å²) in [6.45, 7) is 1.76. The summed E-state index contributed by atoms with van der Waals surface area (Å²) in [5.74, 6) is 2.26. The molecule has 4 nitrogen and oxygen atoms in total. The van der Waals surface area contributed by atoms with Gasteiger partial charge in [-0.25, -0.2) is 0 Å². The molecule has 0 amide bonds. The molecule has 1 aromatic rings. The predicted molar refractivity (Wildman–Crippen MR) is 67.2 cm³/mol. The number of anilines is 1. The molecule has 1 saturated heterocycles. The van der Waals surface area contributed by atoms with Crippen molar-refractivity contribution in [3.05, 3.63) is 33.9 Å². The van der Waals surface area contributed by atoms with Gasteiger partial charge in [-0.15, -0.1) is 0 Å². The van der Waals surface area contributed by atoms with Gasteiger partial charge in [0.25, 0.3) is 5.69 Å². The van der Waals surface area contributed by atoms with Crippen LogP contribution in [0.5, 0.6) is 0 Å². The minimum atomic E-state index is -0.329. The van der Waals surface area contributed by atoms with Crippen molar-refractivity contribution in [3.63, 3.8) is 0 Å². The summed E-state index contributed by atoms with van der Waals surface area (Å²) < 4.78 is 0. The van der Waals surface area contributed by atoms with Gasteiger partial charge >= 0.3 is 0 Å². The van der Waals surface area contributed by atoms with Gasteiger partial charge in [0.1, 0.15) is 0 Å². The second kappa shape index (κ2) is 4.74. The molecule has 1 atom stereocenters. The number of hydrogen-bond donors (Lipinski definition) is 1. The highest BCUT2D eigenvalue weighted by Crippen LogP contribution is 2.25. The number of hydrogen-bond acceptors (Lipinski definition) is 4. The van der Waals surface area contributed by atoms with Crippen molar-refractivity contribution in [2.24, 2.45) is 0 Å². The van der Waals surface area contributed by atoms with Crippen LogP contribution in [0.2, 0.25) is 0 Å². The van der Waals surface area contributed by atoms with Crippen molar-refractivity contribution in [2.75, 3.05) is 16.8 Å². The summed E-state index contributed by atoms with van der Waals surface area (Å²) in [5.41, 5.74) is 1.75. The van der Waals surface area contributed by atoms with E-state index in [1.165, 1.54) is 5.75 Å². The maximum Gasteiger partial charge on any atom is 0.274 e. The van der Waals surface area contributed by atoms with Gasteiger partial charge in [-0.2, -0.15) is 11.8 Å². The summed E-state index contributed by atoms with van der Waals surface area (Å²) >= 11 is 1.92. The lowest BCUT2D eigenvalue weighted by Gasteiger charge is -2.12. The Labute approximate surface area is 98.6 Å². The Balaban J connectivity index is 2.15. The molecular weight excluding hydrogens is 224 g/mol. The molecule has 0 saturated carbocycles. The van der Waals surface area contributed by atoms with Gasteiger partial charge in [0, 0.05) is 29.1 Å². The van der Waals surface area contributed by atoms with Crippen LogP contribution in [-0.2, 0) is 0 Å². The summed E-state index contributed by atoms with van der Waals surface area (Å²) in [4.78, 5) is 10.5. The number of nitro groups is 1. The fourth-order valence-corrected chi connectivity index (χ4v) is 2.93. The lowest BCUT2D eigenvalue weighted by Crippen LogP contribution is -2.18. The summed E-state index contributed by atoms with van der Waals surface area (Å²) in [7, 11) is 0. The van der Waals surface area contributed by atoms with Crippen LogP contribution in [0.15, 0.2) is 18.2 Å². The molecule has 1 unspecified atom stereocenters. The van der Waals surface area contributed by atoms with Gasteiger partial charge in [0.05, 0.1) is 4.92 Å². The minimum absolute atomic E-state index is 0.190. The highest BCUT2D eigenvalue weighted by molar-refractivity contribution is 7.99. The summed E-state index contributed by atoms with van der Waals surface area (Å²) in [6, 6.07) is 5.78. The standard InChI is InChI=1S/C11H14N2O2S/c1-8-2-3-9(6-11(8)13(14)15)12-10-4-5-16-7-10/h2-3,6,10,12H,4-5,7H2,1H3. The first-order chi connectivity index (χ1) is 7.66. The van der Waals surface area contributed by atoms with Crippen molar-refractivity contribution in [1.82, 2.24) is 0 Å². The maximum atomic E-state index is 10.8. The Morgan fingerprint density at radius 1 is 1.56 bits per heavy atom. The zero-order valence-corrected chi connectivity index (χ0v) is 9.92. The Hall–Kier alpha value is -1.23. The minimum Gasteiger partial charge on any atom is -0.381 e. The van der Waals surface area contributed by atoms with E-state index in [9.17, 15) is 10.1 Å². The van der Waals surface area contributed by atoms with Crippen LogP contribution in [0, 0.1) is 17.0 Å². The van der Waals surface area contributed by atoms with Crippen LogP contribution >= 0.6 is 11.8 Å². The molecule has 0 spiro atoms. The van der Waals surface area contributed by atoms with Crippen molar-refractivity contribution in [1.29, 1.82) is 0 Å². The van der Waals surface area contributed by atoms with Crippen LogP contribution in [0.1, 0.15) is 12.0 Å². The monoisotopic (exact) mass is 238 g/mol. The number of nitrogens with one attached hydrogen (secondary N) is 1. The van der Waals surface area contributed by atoms with Crippen LogP contribution < -0.4 is 5.32 Å². The van der Waals surface area contributed by atoms with Crippen LogP contribution in [0.25, 0.3) is 0 Å². The number of rotatable bonds is 3. The quantitative estimate of drug-likeness (QED) is 0.650. The largest absolute Gasteiger partial charge is 0.381 e. The molecule has 0 radical (unpaired) electrons. The zero-order valence-electron chi connectivity index (χ0n) is 9.10. The molecule has 1 fully saturated rings. The number of aryl methyl sites for hydroxylation is 1. The molecule has 0 bridgehead atoms. The fraction of sp³-hybridized carbons (Fsp3) is 0.455. The Kier molecular flexibility index (Phi) is 3.33. The lowest BCUT2D eigenvalue weighted by atomic mass is 10.1. The molecule has 86 valence electrons. The lowest BCUT2D eigenvalue weighted by molar-refractivity contribution is -0.385. The Morgan fingerprint density at radius 2 is 2.38 bits per heavy atom. The van der Waals surface area contributed by atoms with E-state index in [1.54, 1.807) is 19.1 Å². The van der Waals surface area contributed by atoms with Gasteiger partial charge in [-0.3, -0.25) is 10.1 Å². The van der Waals surface area contributed by atoms with Crippen molar-refractivity contribution in [2.45, 2.75) is 19.4 Å². The van der Waals surface area contributed by atoms with E-state index in [1.807, 2.05) is 17.8 Å². The molecule has 1 heterocycles. The summed E-state index contributed by atoms with van der Waals surface area (Å²) in [6.07, 6.45) is 1.13. The molecular formula is C11H14N2O2S. The highest BCUT2D eigenvalue weighted by atomic mass is 32.2. The predicted octanol–water partition coefficient (Wildman–Crippen LogP) is 2.82. The van der Waals surface area contributed by atoms with E-state index in [0.29, 0.717) is 11.6 Å². The molecule has 5 heteroatoms. The molecule has 2 rings (SSSR count). The second-order valence-corrected chi connectivity index (χ2v) is 5.11. The SMILES string of the molecule is Cc1ccc(NC2CCSC2)cc1[N+](=O)[O-]. The first kappa shape index (κ1) is 11.3. The number of thioether (sulfide) groups is 1. The molecule has 1 N–H and O–H groups in total.